The predicted molar refractivity (Wildman–Crippen MR) is 95.3 cm³/mol. The van der Waals surface area contributed by atoms with Gasteiger partial charge in [0.25, 0.3) is 5.56 Å². The molecule has 2 saturated heterocycles. The number of aromatic amines is 1. The van der Waals surface area contributed by atoms with Crippen LogP contribution in [-0.4, -0.2) is 41.0 Å². The summed E-state index contributed by atoms with van der Waals surface area (Å²) in [6.45, 7) is 4.22. The van der Waals surface area contributed by atoms with Crippen molar-refractivity contribution in [3.63, 3.8) is 0 Å². The topological polar surface area (TPSA) is 52.2 Å². The normalized spacial score (nSPS) is 21.2. The SMILES string of the molecule is O=c1cc([C@H]2CCN(Cc3ccccc3F)C2)nc(N2CCCC2)[nH]1. The Morgan fingerprint density at radius 2 is 2.00 bits per heavy atom. The van der Waals surface area contributed by atoms with Crippen LogP contribution in [0.3, 0.4) is 0 Å². The van der Waals surface area contributed by atoms with Gasteiger partial charge < -0.3 is 4.90 Å². The Kier molecular flexibility index (Phi) is 4.53. The van der Waals surface area contributed by atoms with Gasteiger partial charge in [-0.05, 0) is 31.9 Å². The Morgan fingerprint density at radius 1 is 1.20 bits per heavy atom. The highest BCUT2D eigenvalue weighted by atomic mass is 19.1. The van der Waals surface area contributed by atoms with Gasteiger partial charge in [0.1, 0.15) is 5.82 Å². The lowest BCUT2D eigenvalue weighted by molar-refractivity contribution is 0.320. The third-order valence-electron chi connectivity index (χ3n) is 5.20. The largest absolute Gasteiger partial charge is 0.342 e. The molecule has 2 aliphatic heterocycles. The number of nitrogens with zero attached hydrogens (tertiary/aromatic N) is 3. The second-order valence-electron chi connectivity index (χ2n) is 7.00. The zero-order valence-electron chi connectivity index (χ0n) is 14.2. The van der Waals surface area contributed by atoms with E-state index in [4.69, 9.17) is 4.98 Å². The zero-order chi connectivity index (χ0) is 17.2. The third-order valence-corrected chi connectivity index (χ3v) is 5.20. The minimum atomic E-state index is -0.156. The van der Waals surface area contributed by atoms with Gasteiger partial charge in [0.15, 0.2) is 0 Å². The molecular formula is C19H23FN4O. The Morgan fingerprint density at radius 3 is 2.80 bits per heavy atom. The average Bonchev–Trinajstić information content (AvgIpc) is 3.28. The van der Waals surface area contributed by atoms with Gasteiger partial charge in [-0.1, -0.05) is 18.2 Å². The van der Waals surface area contributed by atoms with Gasteiger partial charge >= 0.3 is 0 Å². The number of hydrogen-bond acceptors (Lipinski definition) is 4. The van der Waals surface area contributed by atoms with Crippen LogP contribution in [-0.2, 0) is 6.54 Å². The van der Waals surface area contributed by atoms with E-state index in [2.05, 4.69) is 14.8 Å². The first-order chi connectivity index (χ1) is 12.2. The first-order valence-corrected chi connectivity index (χ1v) is 9.01. The van der Waals surface area contributed by atoms with Crippen LogP contribution in [0, 0.1) is 5.82 Å². The molecular weight excluding hydrogens is 319 g/mol. The van der Waals surface area contributed by atoms with Crippen molar-refractivity contribution in [2.75, 3.05) is 31.1 Å². The van der Waals surface area contributed by atoms with Crippen molar-refractivity contribution in [1.82, 2.24) is 14.9 Å². The van der Waals surface area contributed by atoms with Crippen LogP contribution >= 0.6 is 0 Å². The number of nitrogens with one attached hydrogen (secondary N) is 1. The van der Waals surface area contributed by atoms with Gasteiger partial charge in [-0.25, -0.2) is 9.37 Å². The van der Waals surface area contributed by atoms with Crippen molar-refractivity contribution in [3.05, 3.63) is 57.8 Å². The standard InChI is InChI=1S/C19H23FN4O/c20-16-6-2-1-5-14(16)12-23-10-7-15(13-23)17-11-18(25)22-19(21-17)24-8-3-4-9-24/h1-2,5-6,11,15H,3-4,7-10,12-13H2,(H,21,22,25)/t15-/m0/s1. The number of H-pyrrole nitrogens is 1. The fourth-order valence-corrected chi connectivity index (χ4v) is 3.84. The summed E-state index contributed by atoms with van der Waals surface area (Å²) >= 11 is 0. The number of hydrogen-bond donors (Lipinski definition) is 1. The number of aromatic nitrogens is 2. The summed E-state index contributed by atoms with van der Waals surface area (Å²) in [5.41, 5.74) is 1.50. The molecule has 5 nitrogen and oxygen atoms in total. The molecule has 0 bridgehead atoms. The van der Waals surface area contributed by atoms with E-state index in [0.29, 0.717) is 12.5 Å². The van der Waals surface area contributed by atoms with Crippen molar-refractivity contribution in [3.8, 4) is 0 Å². The lowest BCUT2D eigenvalue weighted by atomic mass is 10.0. The molecule has 1 atom stereocenters. The van der Waals surface area contributed by atoms with Gasteiger partial charge in [-0.3, -0.25) is 14.7 Å². The molecule has 1 aromatic heterocycles. The molecule has 0 amide bonds. The maximum absolute atomic E-state index is 13.9. The molecule has 2 fully saturated rings. The van der Waals surface area contributed by atoms with E-state index in [-0.39, 0.29) is 17.3 Å². The molecule has 2 aliphatic rings. The molecule has 0 aliphatic carbocycles. The van der Waals surface area contributed by atoms with Gasteiger partial charge in [-0.2, -0.15) is 0 Å². The molecule has 3 heterocycles. The van der Waals surface area contributed by atoms with Gasteiger partial charge in [-0.15, -0.1) is 0 Å². The molecule has 2 aromatic rings. The van der Waals surface area contributed by atoms with Gasteiger partial charge in [0.05, 0.1) is 5.69 Å². The average molecular weight is 342 g/mol. The van der Waals surface area contributed by atoms with Crippen LogP contribution in [0.15, 0.2) is 35.1 Å². The number of benzene rings is 1. The van der Waals surface area contributed by atoms with Crippen LogP contribution < -0.4 is 10.5 Å². The first-order valence-electron chi connectivity index (χ1n) is 9.01. The second-order valence-corrected chi connectivity index (χ2v) is 7.00. The maximum Gasteiger partial charge on any atom is 0.252 e. The van der Waals surface area contributed by atoms with Crippen molar-refractivity contribution in [2.45, 2.75) is 31.7 Å². The first kappa shape index (κ1) is 16.3. The van der Waals surface area contributed by atoms with E-state index in [9.17, 15) is 9.18 Å². The van der Waals surface area contributed by atoms with E-state index in [1.54, 1.807) is 12.1 Å². The highest BCUT2D eigenvalue weighted by molar-refractivity contribution is 5.32. The van der Waals surface area contributed by atoms with Crippen molar-refractivity contribution in [1.29, 1.82) is 0 Å². The number of likely N-dealkylation sites (tertiary alicyclic amines) is 1. The molecule has 0 radical (unpaired) electrons. The summed E-state index contributed by atoms with van der Waals surface area (Å²) in [7, 11) is 0. The highest BCUT2D eigenvalue weighted by Crippen LogP contribution is 2.28. The summed E-state index contributed by atoms with van der Waals surface area (Å²) in [5, 5.41) is 0. The molecule has 0 spiro atoms. The van der Waals surface area contributed by atoms with E-state index >= 15 is 0 Å². The van der Waals surface area contributed by atoms with Crippen molar-refractivity contribution >= 4 is 5.95 Å². The summed E-state index contributed by atoms with van der Waals surface area (Å²) < 4.78 is 13.9. The molecule has 25 heavy (non-hydrogen) atoms. The van der Waals surface area contributed by atoms with E-state index < -0.39 is 0 Å². The fraction of sp³-hybridized carbons (Fsp3) is 0.474. The van der Waals surface area contributed by atoms with Crippen LogP contribution in [0.2, 0.25) is 0 Å². The maximum atomic E-state index is 13.9. The molecule has 6 heteroatoms. The fourth-order valence-electron chi connectivity index (χ4n) is 3.84. The second kappa shape index (κ2) is 6.96. The Labute approximate surface area is 146 Å². The third kappa shape index (κ3) is 3.58. The monoisotopic (exact) mass is 342 g/mol. The number of anilines is 1. The molecule has 132 valence electrons. The summed E-state index contributed by atoms with van der Waals surface area (Å²) in [6, 6.07) is 8.54. The highest BCUT2D eigenvalue weighted by Gasteiger charge is 2.27. The molecule has 0 unspecified atom stereocenters. The van der Waals surface area contributed by atoms with Crippen LogP contribution in [0.25, 0.3) is 0 Å². The Hall–Kier alpha value is -2.21. The smallest absolute Gasteiger partial charge is 0.252 e. The van der Waals surface area contributed by atoms with E-state index in [0.717, 1.165) is 56.7 Å². The minimum absolute atomic E-state index is 0.0838. The van der Waals surface area contributed by atoms with Gasteiger partial charge in [0.2, 0.25) is 5.95 Å². The molecule has 1 N–H and O–H groups in total. The van der Waals surface area contributed by atoms with Crippen molar-refractivity contribution < 1.29 is 4.39 Å². The molecule has 1 aromatic carbocycles. The lowest BCUT2D eigenvalue weighted by Crippen LogP contribution is -2.25. The zero-order valence-corrected chi connectivity index (χ0v) is 14.2. The van der Waals surface area contributed by atoms with E-state index in [1.807, 2.05) is 12.1 Å². The lowest BCUT2D eigenvalue weighted by Gasteiger charge is -2.19. The number of halogens is 1. The van der Waals surface area contributed by atoms with Crippen molar-refractivity contribution in [2.24, 2.45) is 0 Å². The van der Waals surface area contributed by atoms with Crippen LogP contribution in [0.5, 0.6) is 0 Å². The Bertz CT molecular complexity index is 800. The Balaban J connectivity index is 1.48. The van der Waals surface area contributed by atoms with Crippen LogP contribution in [0.4, 0.5) is 10.3 Å². The number of rotatable bonds is 4. The quantitative estimate of drug-likeness (QED) is 0.928. The summed E-state index contributed by atoms with van der Waals surface area (Å²) in [5.74, 6) is 0.777. The van der Waals surface area contributed by atoms with Crippen LogP contribution in [0.1, 0.15) is 36.4 Å². The molecule has 0 saturated carbocycles. The van der Waals surface area contributed by atoms with Gasteiger partial charge in [0, 0.05) is 43.7 Å². The summed E-state index contributed by atoms with van der Waals surface area (Å²) in [4.78, 5) is 24.0. The molecule has 4 rings (SSSR count). The van der Waals surface area contributed by atoms with E-state index in [1.165, 1.54) is 6.07 Å². The predicted octanol–water partition coefficient (Wildman–Crippen LogP) is 2.50. The minimum Gasteiger partial charge on any atom is -0.342 e. The summed E-state index contributed by atoms with van der Waals surface area (Å²) in [6.07, 6.45) is 3.24.